The van der Waals surface area contributed by atoms with Gasteiger partial charge in [-0.25, -0.2) is 4.79 Å². The summed E-state index contributed by atoms with van der Waals surface area (Å²) in [5, 5.41) is 11.0. The predicted octanol–water partition coefficient (Wildman–Crippen LogP) is 2.89. The van der Waals surface area contributed by atoms with E-state index < -0.39 is 6.16 Å². The van der Waals surface area contributed by atoms with Gasteiger partial charge >= 0.3 is 6.16 Å². The van der Waals surface area contributed by atoms with Crippen LogP contribution in [0.2, 0.25) is 0 Å². The van der Waals surface area contributed by atoms with Gasteiger partial charge in [0.25, 0.3) is 0 Å². The third kappa shape index (κ3) is 2.35. The van der Waals surface area contributed by atoms with Crippen LogP contribution in [-0.2, 0) is 4.74 Å². The van der Waals surface area contributed by atoms with E-state index in [2.05, 4.69) is 4.74 Å². The molecule has 1 N–H and O–H groups in total. The second-order valence-electron chi connectivity index (χ2n) is 3.93. The van der Waals surface area contributed by atoms with Crippen molar-refractivity contribution in [3.05, 3.63) is 35.9 Å². The average Bonchev–Trinajstić information content (AvgIpc) is 2.41. The molecular formula is C14H12O5. The minimum absolute atomic E-state index is 0.0950. The molecule has 0 aromatic heterocycles. The van der Waals surface area contributed by atoms with Crippen LogP contribution in [0.25, 0.3) is 10.8 Å². The van der Waals surface area contributed by atoms with E-state index in [1.807, 2.05) is 0 Å². The first kappa shape index (κ1) is 12.9. The number of benzene rings is 2. The van der Waals surface area contributed by atoms with Crippen LogP contribution in [0.4, 0.5) is 4.79 Å². The first-order valence-corrected chi connectivity index (χ1v) is 5.56. The molecule has 0 atom stereocenters. The summed E-state index contributed by atoms with van der Waals surface area (Å²) < 4.78 is 9.42. The molecule has 5 nitrogen and oxygen atoms in total. The van der Waals surface area contributed by atoms with Gasteiger partial charge in [0.2, 0.25) is 0 Å². The number of carbonyl (C=O) groups excluding carboxylic acids is 2. The number of rotatable bonds is 2. The molecule has 0 saturated carbocycles. The number of aromatic hydroxyl groups is 1. The summed E-state index contributed by atoms with van der Waals surface area (Å²) in [7, 11) is 1.19. The van der Waals surface area contributed by atoms with Crippen molar-refractivity contribution in [1.29, 1.82) is 0 Å². The number of ketones is 1. The Morgan fingerprint density at radius 1 is 1.16 bits per heavy atom. The van der Waals surface area contributed by atoms with Crippen molar-refractivity contribution in [2.24, 2.45) is 0 Å². The van der Waals surface area contributed by atoms with Crippen LogP contribution in [-0.4, -0.2) is 24.2 Å². The fraction of sp³-hybridized carbons (Fsp3) is 0.143. The van der Waals surface area contributed by atoms with E-state index in [9.17, 15) is 14.7 Å². The molecule has 0 amide bonds. The molecule has 0 unspecified atom stereocenters. The molecule has 2 aromatic rings. The van der Waals surface area contributed by atoms with Crippen LogP contribution in [0.3, 0.4) is 0 Å². The topological polar surface area (TPSA) is 72.8 Å². The van der Waals surface area contributed by atoms with E-state index in [-0.39, 0.29) is 22.8 Å². The van der Waals surface area contributed by atoms with Crippen LogP contribution in [0, 0.1) is 0 Å². The molecule has 19 heavy (non-hydrogen) atoms. The summed E-state index contributed by atoms with van der Waals surface area (Å²) in [6.45, 7) is 1.33. The summed E-state index contributed by atoms with van der Waals surface area (Å²) >= 11 is 0. The molecule has 0 spiro atoms. The minimum atomic E-state index is -0.884. The molecule has 0 heterocycles. The lowest BCUT2D eigenvalue weighted by molar-refractivity contribution is 0.101. The van der Waals surface area contributed by atoms with E-state index >= 15 is 0 Å². The Morgan fingerprint density at radius 3 is 2.37 bits per heavy atom. The first-order chi connectivity index (χ1) is 9.04. The maximum absolute atomic E-state index is 11.5. The van der Waals surface area contributed by atoms with Gasteiger partial charge in [-0.05, 0) is 13.0 Å². The zero-order chi connectivity index (χ0) is 14.0. The van der Waals surface area contributed by atoms with Gasteiger partial charge in [0, 0.05) is 10.8 Å². The number of phenolic OH excluding ortho intramolecular Hbond substituents is 1. The van der Waals surface area contributed by atoms with Crippen molar-refractivity contribution in [1.82, 2.24) is 0 Å². The van der Waals surface area contributed by atoms with Crippen molar-refractivity contribution >= 4 is 22.7 Å². The van der Waals surface area contributed by atoms with Crippen molar-refractivity contribution in [2.45, 2.75) is 6.92 Å². The summed E-state index contributed by atoms with van der Waals surface area (Å²) in [6, 6.07) is 8.10. The van der Waals surface area contributed by atoms with Gasteiger partial charge < -0.3 is 14.6 Å². The van der Waals surface area contributed by atoms with Gasteiger partial charge in [-0.1, -0.05) is 24.3 Å². The smallest absolute Gasteiger partial charge is 0.507 e. The summed E-state index contributed by atoms with van der Waals surface area (Å²) in [5.74, 6) is -0.274. The molecule has 2 rings (SSSR count). The van der Waals surface area contributed by atoms with Crippen LogP contribution < -0.4 is 4.74 Å². The highest BCUT2D eigenvalue weighted by atomic mass is 16.7. The van der Waals surface area contributed by atoms with Gasteiger partial charge in [-0.15, -0.1) is 0 Å². The molecule has 98 valence electrons. The molecule has 5 heteroatoms. The van der Waals surface area contributed by atoms with Gasteiger partial charge in [0.1, 0.15) is 11.5 Å². The minimum Gasteiger partial charge on any atom is -0.507 e. The highest BCUT2D eigenvalue weighted by Gasteiger charge is 2.17. The second-order valence-corrected chi connectivity index (χ2v) is 3.93. The van der Waals surface area contributed by atoms with Crippen molar-refractivity contribution in [3.63, 3.8) is 0 Å². The lowest BCUT2D eigenvalue weighted by Gasteiger charge is -2.11. The third-order valence-corrected chi connectivity index (χ3v) is 2.72. The Labute approximate surface area is 109 Å². The summed E-state index contributed by atoms with van der Waals surface area (Å²) in [4.78, 5) is 22.7. The summed E-state index contributed by atoms with van der Waals surface area (Å²) in [5.41, 5.74) is 0.0950. The summed E-state index contributed by atoms with van der Waals surface area (Å²) in [6.07, 6.45) is -0.884. The molecule has 0 aliphatic rings. The Hall–Kier alpha value is -2.56. The Balaban J connectivity index is 2.71. The van der Waals surface area contributed by atoms with E-state index in [1.54, 1.807) is 24.3 Å². The number of ether oxygens (including phenoxy) is 2. The number of Topliss-reactive ketones (excluding diaryl/α,β-unsaturated/α-hetero) is 1. The molecule has 0 fully saturated rings. The van der Waals surface area contributed by atoms with Crippen molar-refractivity contribution in [2.75, 3.05) is 7.11 Å². The SMILES string of the molecule is COC(=O)Oc1cc(C(C)=O)c(O)c2ccccc12. The Morgan fingerprint density at radius 2 is 1.79 bits per heavy atom. The maximum Gasteiger partial charge on any atom is 0.513 e. The normalized spacial score (nSPS) is 10.2. The molecule has 2 aromatic carbocycles. The highest BCUT2D eigenvalue weighted by Crippen LogP contribution is 2.36. The van der Waals surface area contributed by atoms with Gasteiger partial charge in [-0.3, -0.25) is 4.79 Å². The van der Waals surface area contributed by atoms with E-state index in [4.69, 9.17) is 4.74 Å². The van der Waals surface area contributed by atoms with Crippen LogP contribution in [0.1, 0.15) is 17.3 Å². The number of methoxy groups -OCH3 is 1. The second kappa shape index (κ2) is 4.97. The highest BCUT2D eigenvalue weighted by molar-refractivity contribution is 6.06. The number of hydrogen-bond donors (Lipinski definition) is 1. The maximum atomic E-state index is 11.5. The standard InChI is InChI=1S/C14H12O5/c1-8(15)11-7-12(19-14(17)18-2)9-5-3-4-6-10(9)13(11)16/h3-7,16H,1-2H3. The molecule has 0 bridgehead atoms. The van der Waals surface area contributed by atoms with Crippen molar-refractivity contribution in [3.8, 4) is 11.5 Å². The predicted molar refractivity (Wildman–Crippen MR) is 68.7 cm³/mol. The van der Waals surface area contributed by atoms with Gasteiger partial charge in [0.05, 0.1) is 12.7 Å². The van der Waals surface area contributed by atoms with E-state index in [0.29, 0.717) is 10.8 Å². The number of carbonyl (C=O) groups is 2. The third-order valence-electron chi connectivity index (χ3n) is 2.72. The largest absolute Gasteiger partial charge is 0.513 e. The molecule has 0 aliphatic carbocycles. The average molecular weight is 260 g/mol. The lowest BCUT2D eigenvalue weighted by atomic mass is 10.0. The first-order valence-electron chi connectivity index (χ1n) is 5.56. The number of fused-ring (bicyclic) bond motifs is 1. The van der Waals surface area contributed by atoms with Crippen LogP contribution in [0.15, 0.2) is 30.3 Å². The van der Waals surface area contributed by atoms with E-state index in [1.165, 1.54) is 20.1 Å². The van der Waals surface area contributed by atoms with E-state index in [0.717, 1.165) is 0 Å². The Kier molecular flexibility index (Phi) is 3.37. The zero-order valence-electron chi connectivity index (χ0n) is 10.5. The Bertz CT molecular complexity index is 660. The van der Waals surface area contributed by atoms with Crippen LogP contribution >= 0.6 is 0 Å². The fourth-order valence-corrected chi connectivity index (χ4v) is 1.81. The molecule has 0 saturated heterocycles. The van der Waals surface area contributed by atoms with Crippen molar-refractivity contribution < 1.29 is 24.2 Å². The van der Waals surface area contributed by atoms with Gasteiger partial charge in [0.15, 0.2) is 5.78 Å². The number of phenols is 1. The zero-order valence-corrected chi connectivity index (χ0v) is 10.5. The molecular weight excluding hydrogens is 248 g/mol. The number of hydrogen-bond acceptors (Lipinski definition) is 5. The lowest BCUT2D eigenvalue weighted by Crippen LogP contribution is -2.08. The molecule has 0 aliphatic heterocycles. The monoisotopic (exact) mass is 260 g/mol. The van der Waals surface area contributed by atoms with Crippen LogP contribution in [0.5, 0.6) is 11.5 Å². The molecule has 0 radical (unpaired) electrons. The quantitative estimate of drug-likeness (QED) is 0.510. The van der Waals surface area contributed by atoms with Gasteiger partial charge in [-0.2, -0.15) is 0 Å². The fourth-order valence-electron chi connectivity index (χ4n) is 1.81.